The van der Waals surface area contributed by atoms with Crippen LogP contribution in [0.1, 0.15) is 44.1 Å². The van der Waals surface area contributed by atoms with Crippen LogP contribution in [0.4, 0.5) is 0 Å². The van der Waals surface area contributed by atoms with Gasteiger partial charge in [0, 0.05) is 6.20 Å². The largest absolute Gasteiger partial charge is 0.387 e. The number of rotatable bonds is 4. The molecule has 0 aliphatic carbocycles. The van der Waals surface area contributed by atoms with Gasteiger partial charge < -0.3 is 5.11 Å². The van der Waals surface area contributed by atoms with Crippen LogP contribution in [0.2, 0.25) is 0 Å². The normalized spacial score (nSPS) is 13.2. The van der Waals surface area contributed by atoms with Crippen LogP contribution < -0.4 is 0 Å². The molecular formula is C12H19NO. The molecule has 0 saturated carbocycles. The van der Waals surface area contributed by atoms with Crippen LogP contribution in [0.5, 0.6) is 0 Å². The number of nitrogens with zero attached hydrogens (tertiary/aromatic N) is 1. The van der Waals surface area contributed by atoms with Crippen molar-refractivity contribution < 1.29 is 5.11 Å². The van der Waals surface area contributed by atoms with Gasteiger partial charge in [-0.3, -0.25) is 4.98 Å². The van der Waals surface area contributed by atoms with Gasteiger partial charge in [0.2, 0.25) is 0 Å². The highest BCUT2D eigenvalue weighted by molar-refractivity contribution is 5.13. The van der Waals surface area contributed by atoms with Crippen LogP contribution >= 0.6 is 0 Å². The number of hydrogen-bond donors (Lipinski definition) is 1. The Labute approximate surface area is 86.0 Å². The summed E-state index contributed by atoms with van der Waals surface area (Å²) in [5.41, 5.74) is 1.92. The first-order chi connectivity index (χ1) is 6.59. The molecule has 0 saturated heterocycles. The molecule has 0 aliphatic heterocycles. The zero-order valence-electron chi connectivity index (χ0n) is 9.20. The summed E-state index contributed by atoms with van der Waals surface area (Å²) in [6.45, 7) is 6.32. The highest BCUT2D eigenvalue weighted by Crippen LogP contribution is 2.18. The van der Waals surface area contributed by atoms with Gasteiger partial charge in [-0.1, -0.05) is 19.9 Å². The third kappa shape index (κ3) is 3.46. The summed E-state index contributed by atoms with van der Waals surface area (Å²) in [6, 6.07) is 3.89. The van der Waals surface area contributed by atoms with Crippen molar-refractivity contribution >= 4 is 0 Å². The second-order valence-electron chi connectivity index (χ2n) is 4.25. The van der Waals surface area contributed by atoms with Gasteiger partial charge in [0.15, 0.2) is 0 Å². The summed E-state index contributed by atoms with van der Waals surface area (Å²) in [5, 5.41) is 9.80. The number of hydrogen-bond acceptors (Lipinski definition) is 2. The van der Waals surface area contributed by atoms with Gasteiger partial charge in [0.05, 0.1) is 11.8 Å². The van der Waals surface area contributed by atoms with Crippen molar-refractivity contribution in [2.24, 2.45) is 5.92 Å². The van der Waals surface area contributed by atoms with E-state index in [2.05, 4.69) is 18.8 Å². The SMILES string of the molecule is Cc1ccc(C(O)CCC(C)C)nc1. The Morgan fingerprint density at radius 1 is 1.29 bits per heavy atom. The molecule has 1 aromatic heterocycles. The lowest BCUT2D eigenvalue weighted by molar-refractivity contribution is 0.154. The van der Waals surface area contributed by atoms with Crippen molar-refractivity contribution in [3.63, 3.8) is 0 Å². The average molecular weight is 193 g/mol. The maximum absolute atomic E-state index is 9.80. The Morgan fingerprint density at radius 3 is 2.50 bits per heavy atom. The fourth-order valence-electron chi connectivity index (χ4n) is 1.32. The molecule has 1 aromatic rings. The smallest absolute Gasteiger partial charge is 0.0959 e. The molecule has 78 valence electrons. The van der Waals surface area contributed by atoms with Gasteiger partial charge in [0.25, 0.3) is 0 Å². The van der Waals surface area contributed by atoms with Crippen molar-refractivity contribution in [2.75, 3.05) is 0 Å². The summed E-state index contributed by atoms with van der Waals surface area (Å²) < 4.78 is 0. The van der Waals surface area contributed by atoms with Crippen LogP contribution in [0.15, 0.2) is 18.3 Å². The lowest BCUT2D eigenvalue weighted by Gasteiger charge is -2.11. The molecule has 0 amide bonds. The van der Waals surface area contributed by atoms with E-state index in [1.165, 1.54) is 0 Å². The van der Waals surface area contributed by atoms with Crippen molar-refractivity contribution in [2.45, 2.75) is 39.7 Å². The van der Waals surface area contributed by atoms with E-state index in [0.29, 0.717) is 5.92 Å². The van der Waals surface area contributed by atoms with Crippen LogP contribution in [0, 0.1) is 12.8 Å². The molecule has 0 aliphatic rings. The zero-order chi connectivity index (χ0) is 10.6. The number of aromatic nitrogens is 1. The highest BCUT2D eigenvalue weighted by Gasteiger charge is 2.08. The zero-order valence-corrected chi connectivity index (χ0v) is 9.20. The van der Waals surface area contributed by atoms with E-state index in [9.17, 15) is 5.11 Å². The van der Waals surface area contributed by atoms with Gasteiger partial charge in [-0.2, -0.15) is 0 Å². The van der Waals surface area contributed by atoms with E-state index in [4.69, 9.17) is 0 Å². The van der Waals surface area contributed by atoms with E-state index in [-0.39, 0.29) is 0 Å². The maximum atomic E-state index is 9.80. The molecule has 0 spiro atoms. The molecule has 2 heteroatoms. The molecule has 1 atom stereocenters. The Hall–Kier alpha value is -0.890. The van der Waals surface area contributed by atoms with Gasteiger partial charge in [-0.25, -0.2) is 0 Å². The van der Waals surface area contributed by atoms with Crippen molar-refractivity contribution in [1.82, 2.24) is 4.98 Å². The number of aliphatic hydroxyl groups excluding tert-OH is 1. The molecule has 1 rings (SSSR count). The Balaban J connectivity index is 2.52. The van der Waals surface area contributed by atoms with E-state index in [1.54, 1.807) is 6.20 Å². The highest BCUT2D eigenvalue weighted by atomic mass is 16.3. The fourth-order valence-corrected chi connectivity index (χ4v) is 1.32. The van der Waals surface area contributed by atoms with Gasteiger partial charge >= 0.3 is 0 Å². The number of pyridine rings is 1. The number of aryl methyl sites for hydroxylation is 1. The first-order valence-electron chi connectivity index (χ1n) is 5.20. The van der Waals surface area contributed by atoms with E-state index >= 15 is 0 Å². The Kier molecular flexibility index (Phi) is 4.08. The quantitative estimate of drug-likeness (QED) is 0.797. The Bertz CT molecular complexity index is 266. The first kappa shape index (κ1) is 11.2. The fraction of sp³-hybridized carbons (Fsp3) is 0.583. The maximum Gasteiger partial charge on any atom is 0.0959 e. The lowest BCUT2D eigenvalue weighted by Crippen LogP contribution is -2.02. The van der Waals surface area contributed by atoms with Crippen LogP contribution in [0.3, 0.4) is 0 Å². The summed E-state index contributed by atoms with van der Waals surface area (Å²) in [7, 11) is 0. The summed E-state index contributed by atoms with van der Waals surface area (Å²) >= 11 is 0. The first-order valence-corrected chi connectivity index (χ1v) is 5.20. The van der Waals surface area contributed by atoms with Crippen LogP contribution in [-0.4, -0.2) is 10.1 Å². The summed E-state index contributed by atoms with van der Waals surface area (Å²) in [5.74, 6) is 0.634. The predicted octanol–water partition coefficient (Wildman–Crippen LogP) is 2.86. The third-order valence-electron chi connectivity index (χ3n) is 2.29. The molecule has 14 heavy (non-hydrogen) atoms. The van der Waals surface area contributed by atoms with Gasteiger partial charge in [0.1, 0.15) is 0 Å². The lowest BCUT2D eigenvalue weighted by atomic mass is 10.0. The molecule has 0 bridgehead atoms. The van der Waals surface area contributed by atoms with Gasteiger partial charge in [-0.05, 0) is 37.3 Å². The minimum Gasteiger partial charge on any atom is -0.387 e. The second kappa shape index (κ2) is 5.11. The summed E-state index contributed by atoms with van der Waals surface area (Å²) in [6.07, 6.45) is 3.23. The second-order valence-corrected chi connectivity index (χ2v) is 4.25. The number of aliphatic hydroxyl groups is 1. The van der Waals surface area contributed by atoms with E-state index in [0.717, 1.165) is 24.1 Å². The monoisotopic (exact) mass is 193 g/mol. The van der Waals surface area contributed by atoms with Crippen molar-refractivity contribution in [1.29, 1.82) is 0 Å². The van der Waals surface area contributed by atoms with E-state index < -0.39 is 6.10 Å². The topological polar surface area (TPSA) is 33.1 Å². The van der Waals surface area contributed by atoms with E-state index in [1.807, 2.05) is 19.1 Å². The minimum atomic E-state index is -0.405. The third-order valence-corrected chi connectivity index (χ3v) is 2.29. The molecule has 0 aromatic carbocycles. The van der Waals surface area contributed by atoms with Crippen LogP contribution in [0.25, 0.3) is 0 Å². The molecule has 1 N–H and O–H groups in total. The average Bonchev–Trinajstić information content (AvgIpc) is 2.15. The van der Waals surface area contributed by atoms with Crippen molar-refractivity contribution in [3.8, 4) is 0 Å². The predicted molar refractivity (Wildman–Crippen MR) is 58.0 cm³/mol. The molecule has 1 unspecified atom stereocenters. The summed E-state index contributed by atoms with van der Waals surface area (Å²) in [4.78, 5) is 4.21. The Morgan fingerprint density at radius 2 is 2.00 bits per heavy atom. The molecule has 0 radical (unpaired) electrons. The van der Waals surface area contributed by atoms with Crippen molar-refractivity contribution in [3.05, 3.63) is 29.6 Å². The van der Waals surface area contributed by atoms with Crippen LogP contribution in [-0.2, 0) is 0 Å². The molecular weight excluding hydrogens is 174 g/mol. The molecule has 2 nitrogen and oxygen atoms in total. The molecule has 1 heterocycles. The minimum absolute atomic E-state index is 0.405. The standard InChI is InChI=1S/C12H19NO/c1-9(2)4-7-12(14)11-6-5-10(3)8-13-11/h5-6,8-9,12,14H,4,7H2,1-3H3. The van der Waals surface area contributed by atoms with Gasteiger partial charge in [-0.15, -0.1) is 0 Å². The molecule has 0 fully saturated rings.